The van der Waals surface area contributed by atoms with Crippen molar-refractivity contribution < 1.29 is 9.59 Å². The maximum Gasteiger partial charge on any atom is 0.240 e. The van der Waals surface area contributed by atoms with Crippen molar-refractivity contribution in [2.45, 2.75) is 44.7 Å². The quantitative estimate of drug-likeness (QED) is 0.219. The fourth-order valence-corrected chi connectivity index (χ4v) is 2.85. The number of likely N-dealkylation sites (N-methyl/N-ethyl adjacent to an activating group) is 1. The highest BCUT2D eigenvalue weighted by atomic mass is 16.2. The van der Waals surface area contributed by atoms with Crippen molar-refractivity contribution in [2.75, 3.05) is 20.1 Å². The summed E-state index contributed by atoms with van der Waals surface area (Å²) in [6, 6.07) is 9.00. The summed E-state index contributed by atoms with van der Waals surface area (Å²) in [7, 11) is 1.77. The molecule has 1 aromatic rings. The zero-order valence-corrected chi connectivity index (χ0v) is 15.7. The Morgan fingerprint density at radius 1 is 1.31 bits per heavy atom. The van der Waals surface area contributed by atoms with Crippen molar-refractivity contribution in [2.24, 2.45) is 16.5 Å². The predicted octanol–water partition coefficient (Wildman–Crippen LogP) is 0.677. The Labute approximate surface area is 155 Å². The van der Waals surface area contributed by atoms with Crippen molar-refractivity contribution >= 4 is 18.2 Å². The first-order valence-electron chi connectivity index (χ1n) is 9.05. The topological polar surface area (TPSA) is 114 Å². The van der Waals surface area contributed by atoms with E-state index >= 15 is 0 Å². The smallest absolute Gasteiger partial charge is 0.240 e. The lowest BCUT2D eigenvalue weighted by Gasteiger charge is -2.31. The van der Waals surface area contributed by atoms with Gasteiger partial charge in [-0.25, -0.2) is 0 Å². The number of guanidine groups is 1. The normalized spacial score (nSPS) is 12.8. The number of nitrogens with one attached hydrogen (secondary N) is 1. The molecule has 0 heterocycles. The van der Waals surface area contributed by atoms with Crippen molar-refractivity contribution in [1.82, 2.24) is 10.2 Å². The lowest BCUT2D eigenvalue weighted by molar-refractivity contribution is -0.138. The summed E-state index contributed by atoms with van der Waals surface area (Å²) in [4.78, 5) is 30.3. The first kappa shape index (κ1) is 21.6. The maximum absolute atomic E-state index is 13.0. The summed E-state index contributed by atoms with van der Waals surface area (Å²) >= 11 is 0. The van der Waals surface area contributed by atoms with Gasteiger partial charge in [-0.1, -0.05) is 37.3 Å². The second-order valence-electron chi connectivity index (χ2n) is 6.21. The number of aliphatic imine (C=N–C) groups is 1. The van der Waals surface area contributed by atoms with Gasteiger partial charge in [0.05, 0.1) is 12.1 Å². The number of hydrogen-bond donors (Lipinski definition) is 3. The Kier molecular flexibility index (Phi) is 10.0. The van der Waals surface area contributed by atoms with E-state index in [1.807, 2.05) is 37.3 Å². The number of nitrogens with zero attached hydrogens (tertiary/aromatic N) is 2. The van der Waals surface area contributed by atoms with Gasteiger partial charge in [-0.3, -0.25) is 9.79 Å². The maximum atomic E-state index is 13.0. The van der Waals surface area contributed by atoms with Crippen molar-refractivity contribution in [3.63, 3.8) is 0 Å². The molecule has 0 aromatic heterocycles. The van der Waals surface area contributed by atoms with E-state index in [2.05, 4.69) is 10.3 Å². The van der Waals surface area contributed by atoms with Crippen LogP contribution in [0.4, 0.5) is 0 Å². The lowest BCUT2D eigenvalue weighted by atomic mass is 10.0. The molecule has 1 rings (SSSR count). The molecule has 7 nitrogen and oxygen atoms in total. The van der Waals surface area contributed by atoms with Crippen LogP contribution < -0.4 is 16.8 Å². The van der Waals surface area contributed by atoms with E-state index in [-0.39, 0.29) is 17.9 Å². The van der Waals surface area contributed by atoms with Gasteiger partial charge in [0.2, 0.25) is 5.91 Å². The third-order valence-corrected chi connectivity index (χ3v) is 4.19. The molecule has 0 unspecified atom stereocenters. The summed E-state index contributed by atoms with van der Waals surface area (Å²) in [6.07, 6.45) is 3.38. The average Bonchev–Trinajstić information content (AvgIpc) is 2.65. The highest BCUT2D eigenvalue weighted by Gasteiger charge is 2.28. The number of carbonyl (C=O) groups excluding carboxylic acids is 2. The number of rotatable bonds is 12. The molecule has 1 aromatic carbocycles. The molecular weight excluding hydrogens is 330 g/mol. The largest absolute Gasteiger partial charge is 0.370 e. The molecule has 1 amide bonds. The van der Waals surface area contributed by atoms with Crippen LogP contribution in [0.2, 0.25) is 0 Å². The Morgan fingerprint density at radius 3 is 2.54 bits per heavy atom. The van der Waals surface area contributed by atoms with Gasteiger partial charge in [0.25, 0.3) is 0 Å². The molecule has 5 N–H and O–H groups in total. The molecule has 0 bridgehead atoms. The molecule has 0 saturated carbocycles. The van der Waals surface area contributed by atoms with Crippen LogP contribution in [-0.2, 0) is 16.0 Å². The summed E-state index contributed by atoms with van der Waals surface area (Å²) < 4.78 is 0. The van der Waals surface area contributed by atoms with E-state index in [1.165, 1.54) is 0 Å². The van der Waals surface area contributed by atoms with E-state index in [0.717, 1.165) is 18.3 Å². The molecule has 0 spiro atoms. The summed E-state index contributed by atoms with van der Waals surface area (Å²) in [5.74, 6) is -0.0237. The fourth-order valence-electron chi connectivity index (χ4n) is 2.85. The number of benzene rings is 1. The molecule has 26 heavy (non-hydrogen) atoms. The van der Waals surface area contributed by atoms with Crippen LogP contribution in [0.25, 0.3) is 0 Å². The van der Waals surface area contributed by atoms with E-state index in [9.17, 15) is 9.59 Å². The van der Waals surface area contributed by atoms with Gasteiger partial charge in [0.1, 0.15) is 6.29 Å². The minimum absolute atomic E-state index is 0.0345. The van der Waals surface area contributed by atoms with Gasteiger partial charge < -0.3 is 26.5 Å². The van der Waals surface area contributed by atoms with Crippen LogP contribution in [0.3, 0.4) is 0 Å². The average molecular weight is 361 g/mol. The van der Waals surface area contributed by atoms with Gasteiger partial charge in [-0.15, -0.1) is 0 Å². The van der Waals surface area contributed by atoms with Gasteiger partial charge >= 0.3 is 0 Å². The van der Waals surface area contributed by atoms with Gasteiger partial charge in [-0.2, -0.15) is 0 Å². The molecule has 0 radical (unpaired) electrons. The second-order valence-corrected chi connectivity index (χ2v) is 6.21. The van der Waals surface area contributed by atoms with Gasteiger partial charge in [0.15, 0.2) is 5.96 Å². The number of amides is 1. The Hall–Kier alpha value is -2.41. The monoisotopic (exact) mass is 361 g/mol. The third-order valence-electron chi connectivity index (χ3n) is 4.19. The minimum Gasteiger partial charge on any atom is -0.370 e. The Balaban J connectivity index is 2.80. The van der Waals surface area contributed by atoms with Gasteiger partial charge in [-0.05, 0) is 38.3 Å². The molecule has 0 aliphatic rings. The Bertz CT molecular complexity index is 573. The summed E-state index contributed by atoms with van der Waals surface area (Å²) in [5.41, 5.74) is 11.7. The van der Waals surface area contributed by atoms with E-state index in [4.69, 9.17) is 11.5 Å². The zero-order chi connectivity index (χ0) is 19.4. The predicted molar refractivity (Wildman–Crippen MR) is 105 cm³/mol. The number of carbonyl (C=O) groups is 2. The minimum atomic E-state index is -0.469. The number of nitrogens with two attached hydrogens (primary N) is 2. The third kappa shape index (κ3) is 7.23. The SMILES string of the molecule is CCCN(C(=O)[C@@H](Cc1ccccc1)NC)[C@H](C=O)CCCN=C(N)N. The van der Waals surface area contributed by atoms with Crippen molar-refractivity contribution in [1.29, 1.82) is 0 Å². The van der Waals surface area contributed by atoms with Crippen molar-refractivity contribution in [3.8, 4) is 0 Å². The summed E-state index contributed by atoms with van der Waals surface area (Å²) in [6.45, 7) is 2.98. The van der Waals surface area contributed by atoms with Crippen LogP contribution in [0.15, 0.2) is 35.3 Å². The molecule has 144 valence electrons. The van der Waals surface area contributed by atoms with Crippen molar-refractivity contribution in [3.05, 3.63) is 35.9 Å². The van der Waals surface area contributed by atoms with E-state index in [0.29, 0.717) is 32.4 Å². The number of hydrogen-bond acceptors (Lipinski definition) is 4. The highest BCUT2D eigenvalue weighted by Crippen LogP contribution is 2.12. The molecule has 0 fully saturated rings. The zero-order valence-electron chi connectivity index (χ0n) is 15.7. The Morgan fingerprint density at radius 2 is 2.00 bits per heavy atom. The van der Waals surface area contributed by atoms with Crippen LogP contribution in [0.1, 0.15) is 31.7 Å². The van der Waals surface area contributed by atoms with E-state index < -0.39 is 6.04 Å². The second kappa shape index (κ2) is 12.0. The van der Waals surface area contributed by atoms with Crippen LogP contribution >= 0.6 is 0 Å². The van der Waals surface area contributed by atoms with E-state index in [1.54, 1.807) is 11.9 Å². The fraction of sp³-hybridized carbons (Fsp3) is 0.526. The summed E-state index contributed by atoms with van der Waals surface area (Å²) in [5, 5.41) is 3.09. The first-order valence-corrected chi connectivity index (χ1v) is 9.05. The highest BCUT2D eigenvalue weighted by molar-refractivity contribution is 5.85. The number of aldehydes is 1. The molecule has 7 heteroatoms. The van der Waals surface area contributed by atoms with Crippen LogP contribution in [0.5, 0.6) is 0 Å². The van der Waals surface area contributed by atoms with Crippen LogP contribution in [0, 0.1) is 0 Å². The molecular formula is C19H31N5O2. The standard InChI is InChI=1S/C19H31N5O2/c1-3-12-24(16(14-25)10-7-11-23-19(20)21)18(26)17(22-2)13-15-8-5-4-6-9-15/h4-6,8-9,14,16-17,22H,3,7,10-13H2,1-2H3,(H4,20,21,23)/t16-,17+/m0/s1. The first-order chi connectivity index (χ1) is 12.5. The molecule has 2 atom stereocenters. The molecule has 0 aliphatic heterocycles. The van der Waals surface area contributed by atoms with Crippen LogP contribution in [-0.4, -0.2) is 55.3 Å². The lowest BCUT2D eigenvalue weighted by Crippen LogP contribution is -2.51. The molecule has 0 saturated heterocycles. The molecule has 0 aliphatic carbocycles. The van der Waals surface area contributed by atoms with Gasteiger partial charge in [0, 0.05) is 13.1 Å².